The number of hydrogen-bond acceptors (Lipinski definition) is 6. The molecule has 32 heavy (non-hydrogen) atoms. The van der Waals surface area contributed by atoms with Gasteiger partial charge in [0.15, 0.2) is 11.8 Å². The van der Waals surface area contributed by atoms with Crippen molar-refractivity contribution in [3.8, 4) is 5.75 Å². The molecule has 0 saturated carbocycles. The van der Waals surface area contributed by atoms with Crippen LogP contribution in [0.3, 0.4) is 0 Å². The van der Waals surface area contributed by atoms with E-state index in [9.17, 15) is 0 Å². The van der Waals surface area contributed by atoms with Crippen molar-refractivity contribution >= 4 is 29.9 Å². The highest BCUT2D eigenvalue weighted by Crippen LogP contribution is 2.21. The maximum Gasteiger partial charge on any atom is 0.226 e. The standard InChI is InChI=1S/C23H37N5O3.HI/c1-6-24-23(25-12-8-9-21-27-22(17(3)4)28-31-21)26-16-19-11-10-18(5)15-20(19)30-14-13-29-7-2;/h10-11,15,17H,6-9,12-14,16H2,1-5H3,(H2,24,25,26);1H. The molecule has 180 valence electrons. The van der Waals surface area contributed by atoms with Crippen LogP contribution < -0.4 is 15.4 Å². The van der Waals surface area contributed by atoms with E-state index < -0.39 is 0 Å². The SMILES string of the molecule is CCNC(=NCc1ccc(C)cc1OCCOCC)NCCCc1nc(C(C)C)no1.I. The summed E-state index contributed by atoms with van der Waals surface area (Å²) in [5.41, 5.74) is 2.21. The predicted octanol–water partition coefficient (Wildman–Crippen LogP) is 4.22. The van der Waals surface area contributed by atoms with Gasteiger partial charge in [0.05, 0.1) is 13.2 Å². The Morgan fingerprint density at radius 2 is 2.00 bits per heavy atom. The fraction of sp³-hybridized carbons (Fsp3) is 0.609. The van der Waals surface area contributed by atoms with E-state index in [1.807, 2.05) is 13.0 Å². The molecule has 0 radical (unpaired) electrons. The lowest BCUT2D eigenvalue weighted by Gasteiger charge is -2.13. The van der Waals surface area contributed by atoms with Gasteiger partial charge in [-0.25, -0.2) is 4.99 Å². The molecule has 8 nitrogen and oxygen atoms in total. The van der Waals surface area contributed by atoms with Gasteiger partial charge in [-0.3, -0.25) is 0 Å². The van der Waals surface area contributed by atoms with Crippen LogP contribution in [0.2, 0.25) is 0 Å². The fourth-order valence-electron chi connectivity index (χ4n) is 2.84. The topological polar surface area (TPSA) is 93.8 Å². The normalized spacial score (nSPS) is 11.4. The van der Waals surface area contributed by atoms with Crippen molar-refractivity contribution in [3.05, 3.63) is 41.0 Å². The number of aliphatic imine (C=N–C) groups is 1. The third-order valence-electron chi connectivity index (χ3n) is 4.52. The van der Waals surface area contributed by atoms with Crippen molar-refractivity contribution in [2.24, 2.45) is 4.99 Å². The molecule has 0 fully saturated rings. The monoisotopic (exact) mass is 559 g/mol. The molecular formula is C23H38IN5O3. The highest BCUT2D eigenvalue weighted by atomic mass is 127. The number of guanidine groups is 1. The van der Waals surface area contributed by atoms with Crippen LogP contribution in [0.1, 0.15) is 62.9 Å². The number of nitrogens with zero attached hydrogens (tertiary/aromatic N) is 3. The molecule has 2 aromatic rings. The molecule has 0 unspecified atom stereocenters. The van der Waals surface area contributed by atoms with E-state index in [-0.39, 0.29) is 29.9 Å². The second kappa shape index (κ2) is 15.8. The van der Waals surface area contributed by atoms with Crippen molar-refractivity contribution in [1.82, 2.24) is 20.8 Å². The van der Waals surface area contributed by atoms with Gasteiger partial charge in [-0.1, -0.05) is 31.1 Å². The van der Waals surface area contributed by atoms with Crippen molar-refractivity contribution < 1.29 is 14.0 Å². The molecule has 0 aliphatic rings. The lowest BCUT2D eigenvalue weighted by atomic mass is 10.1. The summed E-state index contributed by atoms with van der Waals surface area (Å²) in [6.45, 7) is 14.1. The van der Waals surface area contributed by atoms with E-state index in [0.29, 0.717) is 32.3 Å². The number of rotatable bonds is 13. The zero-order valence-corrected chi connectivity index (χ0v) is 22.3. The van der Waals surface area contributed by atoms with Crippen LogP contribution in [0.25, 0.3) is 0 Å². The summed E-state index contributed by atoms with van der Waals surface area (Å²) >= 11 is 0. The Morgan fingerprint density at radius 3 is 2.69 bits per heavy atom. The zero-order chi connectivity index (χ0) is 22.5. The van der Waals surface area contributed by atoms with E-state index in [4.69, 9.17) is 19.0 Å². The van der Waals surface area contributed by atoms with Gasteiger partial charge >= 0.3 is 0 Å². The number of aryl methyl sites for hydroxylation is 2. The van der Waals surface area contributed by atoms with E-state index in [2.05, 4.69) is 60.6 Å². The van der Waals surface area contributed by atoms with Gasteiger partial charge < -0.3 is 24.6 Å². The number of ether oxygens (including phenoxy) is 2. The minimum Gasteiger partial charge on any atom is -0.491 e. The Balaban J connectivity index is 0.00000512. The van der Waals surface area contributed by atoms with Gasteiger partial charge in [0.1, 0.15) is 12.4 Å². The number of aromatic nitrogens is 2. The Labute approximate surface area is 209 Å². The minimum absolute atomic E-state index is 0. The fourth-order valence-corrected chi connectivity index (χ4v) is 2.84. The average molecular weight is 559 g/mol. The molecule has 0 amide bonds. The van der Waals surface area contributed by atoms with Crippen molar-refractivity contribution in [2.75, 3.05) is 32.9 Å². The van der Waals surface area contributed by atoms with Crippen LogP contribution >= 0.6 is 24.0 Å². The number of nitrogens with one attached hydrogen (secondary N) is 2. The van der Waals surface area contributed by atoms with Crippen LogP contribution in [-0.2, 0) is 17.7 Å². The van der Waals surface area contributed by atoms with E-state index >= 15 is 0 Å². The maximum absolute atomic E-state index is 5.92. The summed E-state index contributed by atoms with van der Waals surface area (Å²) in [7, 11) is 0. The average Bonchev–Trinajstić information content (AvgIpc) is 3.23. The molecule has 0 aliphatic heterocycles. The van der Waals surface area contributed by atoms with Crippen molar-refractivity contribution in [2.45, 2.75) is 59.9 Å². The third kappa shape index (κ3) is 10.2. The largest absolute Gasteiger partial charge is 0.491 e. The molecule has 0 bridgehead atoms. The van der Waals surface area contributed by atoms with E-state index in [1.165, 1.54) is 0 Å². The molecule has 1 aromatic heterocycles. The number of halogens is 1. The first kappa shape index (κ1) is 28.2. The molecule has 1 heterocycles. The smallest absolute Gasteiger partial charge is 0.226 e. The van der Waals surface area contributed by atoms with Crippen LogP contribution in [0.4, 0.5) is 0 Å². The van der Waals surface area contributed by atoms with Crippen LogP contribution in [0.5, 0.6) is 5.75 Å². The van der Waals surface area contributed by atoms with Crippen molar-refractivity contribution in [3.63, 3.8) is 0 Å². The van der Waals surface area contributed by atoms with Crippen LogP contribution in [-0.4, -0.2) is 49.0 Å². The molecule has 1 aromatic carbocycles. The number of benzene rings is 1. The molecule has 2 rings (SSSR count). The Kier molecular flexibility index (Phi) is 13.9. The molecular weight excluding hydrogens is 521 g/mol. The van der Waals surface area contributed by atoms with E-state index in [0.717, 1.165) is 54.6 Å². The summed E-state index contributed by atoms with van der Waals surface area (Å²) in [5.74, 6) is 3.35. The zero-order valence-electron chi connectivity index (χ0n) is 19.9. The summed E-state index contributed by atoms with van der Waals surface area (Å²) in [4.78, 5) is 9.14. The lowest BCUT2D eigenvalue weighted by molar-refractivity contribution is 0.110. The molecule has 2 N–H and O–H groups in total. The van der Waals surface area contributed by atoms with Crippen LogP contribution in [0, 0.1) is 6.92 Å². The summed E-state index contributed by atoms with van der Waals surface area (Å²) in [6.07, 6.45) is 1.61. The van der Waals surface area contributed by atoms with E-state index in [1.54, 1.807) is 0 Å². The first-order valence-corrected chi connectivity index (χ1v) is 11.2. The molecule has 0 spiro atoms. The Hall–Kier alpha value is -1.88. The second-order valence-electron chi connectivity index (χ2n) is 7.58. The third-order valence-corrected chi connectivity index (χ3v) is 4.52. The van der Waals surface area contributed by atoms with Gasteiger partial charge in [-0.15, -0.1) is 24.0 Å². The number of hydrogen-bond donors (Lipinski definition) is 2. The highest BCUT2D eigenvalue weighted by molar-refractivity contribution is 14.0. The van der Waals surface area contributed by atoms with Gasteiger partial charge in [-0.05, 0) is 38.8 Å². The summed E-state index contributed by atoms with van der Waals surface area (Å²) < 4.78 is 16.6. The van der Waals surface area contributed by atoms with Gasteiger partial charge in [0, 0.05) is 37.6 Å². The molecule has 9 heteroatoms. The minimum atomic E-state index is 0. The lowest BCUT2D eigenvalue weighted by Crippen LogP contribution is -2.37. The Bertz CT molecular complexity index is 811. The van der Waals surface area contributed by atoms with Gasteiger partial charge in [0.2, 0.25) is 5.89 Å². The quantitative estimate of drug-likeness (QED) is 0.164. The van der Waals surface area contributed by atoms with Gasteiger partial charge in [-0.2, -0.15) is 4.98 Å². The highest BCUT2D eigenvalue weighted by Gasteiger charge is 2.09. The summed E-state index contributed by atoms with van der Waals surface area (Å²) in [6, 6.07) is 6.20. The second-order valence-corrected chi connectivity index (χ2v) is 7.58. The molecule has 0 atom stereocenters. The Morgan fingerprint density at radius 1 is 1.19 bits per heavy atom. The molecule has 0 saturated heterocycles. The van der Waals surface area contributed by atoms with Crippen LogP contribution in [0.15, 0.2) is 27.7 Å². The first-order chi connectivity index (χ1) is 15.0. The van der Waals surface area contributed by atoms with Gasteiger partial charge in [0.25, 0.3) is 0 Å². The van der Waals surface area contributed by atoms with Crippen molar-refractivity contribution in [1.29, 1.82) is 0 Å². The first-order valence-electron chi connectivity index (χ1n) is 11.2. The molecule has 0 aliphatic carbocycles. The summed E-state index contributed by atoms with van der Waals surface area (Å²) in [5, 5.41) is 10.7. The maximum atomic E-state index is 5.92. The predicted molar refractivity (Wildman–Crippen MR) is 138 cm³/mol.